The van der Waals surface area contributed by atoms with Crippen molar-refractivity contribution < 1.29 is 29.0 Å². The van der Waals surface area contributed by atoms with E-state index in [1.807, 2.05) is 0 Å². The van der Waals surface area contributed by atoms with Crippen LogP contribution in [0, 0.1) is 0 Å². The first kappa shape index (κ1) is 26.4. The average molecular weight is 559 g/mol. The Morgan fingerprint density at radius 2 is 1.78 bits per heavy atom. The molecule has 0 aromatic heterocycles. The summed E-state index contributed by atoms with van der Waals surface area (Å²) in [7, 11) is 2.98. The summed E-state index contributed by atoms with van der Waals surface area (Å²) in [5.74, 6) is -0.400. The van der Waals surface area contributed by atoms with Crippen LogP contribution >= 0.6 is 35.0 Å². The Bertz CT molecular complexity index is 1440. The quantitative estimate of drug-likeness (QED) is 0.332. The Hall–Kier alpha value is -3.66. The van der Waals surface area contributed by atoms with Gasteiger partial charge >= 0.3 is 0 Å². The van der Waals surface area contributed by atoms with Crippen molar-refractivity contribution in [2.75, 3.05) is 19.5 Å². The molecule has 0 bridgehead atoms. The highest BCUT2D eigenvalue weighted by molar-refractivity contribution is 8.18. The number of phenolic OH excluding ortho intramolecular Hbond substituents is 1. The van der Waals surface area contributed by atoms with Gasteiger partial charge in [0.25, 0.3) is 17.1 Å². The molecule has 1 saturated heterocycles. The Kier molecular flexibility index (Phi) is 7.97. The first-order valence-corrected chi connectivity index (χ1v) is 12.3. The van der Waals surface area contributed by atoms with E-state index in [0.29, 0.717) is 38.4 Å². The number of hydrogen-bond donors (Lipinski definition) is 2. The van der Waals surface area contributed by atoms with Crippen LogP contribution in [0.25, 0.3) is 6.08 Å². The Labute approximate surface area is 226 Å². The van der Waals surface area contributed by atoms with Gasteiger partial charge in [0.15, 0.2) is 11.5 Å². The van der Waals surface area contributed by atoms with Gasteiger partial charge < -0.3 is 19.9 Å². The molecular weight excluding hydrogens is 539 g/mol. The van der Waals surface area contributed by atoms with Crippen LogP contribution in [0.5, 0.6) is 17.2 Å². The van der Waals surface area contributed by atoms with E-state index >= 15 is 0 Å². The van der Waals surface area contributed by atoms with Crippen LogP contribution in [0.4, 0.5) is 10.5 Å². The predicted octanol–water partition coefficient (Wildman–Crippen LogP) is 6.21. The number of methoxy groups -OCH3 is 2. The van der Waals surface area contributed by atoms with Crippen LogP contribution < -0.4 is 14.8 Å². The van der Waals surface area contributed by atoms with Crippen molar-refractivity contribution in [1.29, 1.82) is 0 Å². The third-order valence-electron chi connectivity index (χ3n) is 5.42. The van der Waals surface area contributed by atoms with E-state index < -0.39 is 17.1 Å². The number of nitrogens with zero attached hydrogens (tertiary/aromatic N) is 1. The van der Waals surface area contributed by atoms with Gasteiger partial charge in [-0.3, -0.25) is 19.3 Å². The second-order valence-electron chi connectivity index (χ2n) is 7.80. The fourth-order valence-electron chi connectivity index (χ4n) is 3.55. The van der Waals surface area contributed by atoms with E-state index in [9.17, 15) is 19.5 Å². The van der Waals surface area contributed by atoms with Crippen LogP contribution in [0.15, 0.2) is 59.5 Å². The number of carbonyl (C=O) groups is 3. The molecule has 11 heteroatoms. The van der Waals surface area contributed by atoms with E-state index in [0.717, 1.165) is 16.7 Å². The van der Waals surface area contributed by atoms with Crippen LogP contribution in [0.2, 0.25) is 10.0 Å². The summed E-state index contributed by atoms with van der Waals surface area (Å²) in [6, 6.07) is 14.0. The SMILES string of the molecule is COc1ccc(NC(=O)c2cc(C=C3SC(=O)N(Cc4ccc(Cl)cc4Cl)C3=O)ccc2O)cc1OC. The topological polar surface area (TPSA) is 105 Å². The largest absolute Gasteiger partial charge is 0.507 e. The van der Waals surface area contributed by atoms with Gasteiger partial charge in [0.05, 0.1) is 31.2 Å². The molecule has 0 atom stereocenters. The minimum Gasteiger partial charge on any atom is -0.507 e. The predicted molar refractivity (Wildman–Crippen MR) is 144 cm³/mol. The van der Waals surface area contributed by atoms with Crippen molar-refractivity contribution >= 4 is 63.8 Å². The van der Waals surface area contributed by atoms with Crippen molar-refractivity contribution in [2.24, 2.45) is 0 Å². The number of rotatable bonds is 7. The minimum absolute atomic E-state index is 0.00737. The lowest BCUT2D eigenvalue weighted by Gasteiger charge is -2.13. The third-order valence-corrected chi connectivity index (χ3v) is 6.92. The van der Waals surface area contributed by atoms with E-state index in [4.69, 9.17) is 32.7 Å². The molecule has 0 aliphatic carbocycles. The lowest BCUT2D eigenvalue weighted by Crippen LogP contribution is -2.27. The second kappa shape index (κ2) is 11.2. The molecule has 0 spiro atoms. The fourth-order valence-corrected chi connectivity index (χ4v) is 4.85. The maximum Gasteiger partial charge on any atom is 0.293 e. The smallest absolute Gasteiger partial charge is 0.293 e. The maximum atomic E-state index is 12.9. The van der Waals surface area contributed by atoms with E-state index in [1.165, 1.54) is 38.5 Å². The molecule has 0 unspecified atom stereocenters. The third kappa shape index (κ3) is 5.85. The molecule has 0 radical (unpaired) electrons. The summed E-state index contributed by atoms with van der Waals surface area (Å²) < 4.78 is 10.4. The summed E-state index contributed by atoms with van der Waals surface area (Å²) >= 11 is 12.9. The Balaban J connectivity index is 1.54. The molecule has 3 aromatic rings. The number of phenols is 1. The number of thioether (sulfide) groups is 1. The van der Waals surface area contributed by atoms with Gasteiger partial charge in [-0.1, -0.05) is 35.3 Å². The monoisotopic (exact) mass is 558 g/mol. The van der Waals surface area contributed by atoms with Gasteiger partial charge in [0.1, 0.15) is 5.75 Å². The highest BCUT2D eigenvalue weighted by Gasteiger charge is 2.35. The standard InChI is InChI=1S/C26H20Cl2N2O6S/c1-35-21-8-6-17(12-22(21)36-2)29-24(32)18-9-14(3-7-20(18)31)10-23-25(33)30(26(34)37-23)13-15-4-5-16(27)11-19(15)28/h3-12,31H,13H2,1-2H3,(H,29,32). The molecule has 3 amide bonds. The number of aromatic hydroxyl groups is 1. The zero-order chi connectivity index (χ0) is 26.7. The average Bonchev–Trinajstić information content (AvgIpc) is 3.13. The van der Waals surface area contributed by atoms with Crippen molar-refractivity contribution in [1.82, 2.24) is 4.90 Å². The number of ether oxygens (including phenoxy) is 2. The van der Waals surface area contributed by atoms with Gasteiger partial charge in [-0.15, -0.1) is 0 Å². The summed E-state index contributed by atoms with van der Waals surface area (Å²) in [6.07, 6.45) is 1.49. The van der Waals surface area contributed by atoms with Crippen LogP contribution in [-0.2, 0) is 11.3 Å². The van der Waals surface area contributed by atoms with Gasteiger partial charge in [0, 0.05) is 21.8 Å². The molecule has 0 saturated carbocycles. The van der Waals surface area contributed by atoms with Crippen LogP contribution in [-0.4, -0.2) is 41.3 Å². The van der Waals surface area contributed by atoms with Crippen LogP contribution in [0.1, 0.15) is 21.5 Å². The Morgan fingerprint density at radius 1 is 1.03 bits per heavy atom. The lowest BCUT2D eigenvalue weighted by atomic mass is 10.1. The number of carbonyl (C=O) groups excluding carboxylic acids is 3. The van der Waals surface area contributed by atoms with Crippen molar-refractivity contribution in [2.45, 2.75) is 6.54 Å². The summed E-state index contributed by atoms with van der Waals surface area (Å²) in [5, 5.41) is 13.3. The number of amides is 3. The summed E-state index contributed by atoms with van der Waals surface area (Å²) in [5.41, 5.74) is 1.43. The molecule has 3 aromatic carbocycles. The molecule has 1 fully saturated rings. The molecular formula is C26H20Cl2N2O6S. The summed E-state index contributed by atoms with van der Waals surface area (Å²) in [6.45, 7) is -0.00737. The molecule has 1 heterocycles. The van der Waals surface area contributed by atoms with Crippen molar-refractivity contribution in [3.05, 3.63) is 86.2 Å². The molecule has 1 aliphatic heterocycles. The zero-order valence-corrected chi connectivity index (χ0v) is 21.9. The van der Waals surface area contributed by atoms with Crippen molar-refractivity contribution in [3.8, 4) is 17.2 Å². The van der Waals surface area contributed by atoms with E-state index in [-0.39, 0.29) is 22.8 Å². The molecule has 1 aliphatic rings. The number of hydrogen-bond acceptors (Lipinski definition) is 7. The van der Waals surface area contributed by atoms with Gasteiger partial charge in [-0.2, -0.15) is 0 Å². The highest BCUT2D eigenvalue weighted by Crippen LogP contribution is 2.35. The highest BCUT2D eigenvalue weighted by atomic mass is 35.5. The first-order chi connectivity index (χ1) is 17.7. The molecule has 8 nitrogen and oxygen atoms in total. The van der Waals surface area contributed by atoms with Gasteiger partial charge in [-0.25, -0.2) is 0 Å². The molecule has 190 valence electrons. The zero-order valence-electron chi connectivity index (χ0n) is 19.6. The molecule has 2 N–H and O–H groups in total. The van der Waals surface area contributed by atoms with Gasteiger partial charge in [0.2, 0.25) is 0 Å². The molecule has 4 rings (SSSR count). The number of benzene rings is 3. The van der Waals surface area contributed by atoms with Crippen LogP contribution in [0.3, 0.4) is 0 Å². The maximum absolute atomic E-state index is 12.9. The van der Waals surface area contributed by atoms with Gasteiger partial charge in [-0.05, 0) is 65.4 Å². The first-order valence-electron chi connectivity index (χ1n) is 10.8. The minimum atomic E-state index is -0.578. The number of imide groups is 1. The second-order valence-corrected chi connectivity index (χ2v) is 9.64. The van der Waals surface area contributed by atoms with Crippen molar-refractivity contribution in [3.63, 3.8) is 0 Å². The Morgan fingerprint density at radius 3 is 2.49 bits per heavy atom. The number of anilines is 1. The number of nitrogens with one attached hydrogen (secondary N) is 1. The molecule has 37 heavy (non-hydrogen) atoms. The fraction of sp³-hybridized carbons (Fsp3) is 0.115. The van der Waals surface area contributed by atoms with E-state index in [2.05, 4.69) is 5.32 Å². The normalized spacial score (nSPS) is 14.3. The summed E-state index contributed by atoms with van der Waals surface area (Å²) in [4.78, 5) is 39.6. The lowest BCUT2D eigenvalue weighted by molar-refractivity contribution is -0.123. The number of halogens is 2. The van der Waals surface area contributed by atoms with E-state index in [1.54, 1.807) is 36.4 Å².